The molecule has 19 heavy (non-hydrogen) atoms. The van der Waals surface area contributed by atoms with Gasteiger partial charge in [0.15, 0.2) is 0 Å². The van der Waals surface area contributed by atoms with Crippen LogP contribution in [0.5, 0.6) is 0 Å². The van der Waals surface area contributed by atoms with Crippen molar-refractivity contribution in [2.24, 2.45) is 0 Å². The zero-order valence-electron chi connectivity index (χ0n) is 10.6. The van der Waals surface area contributed by atoms with Crippen LogP contribution < -0.4 is 5.32 Å². The zero-order chi connectivity index (χ0) is 14.8. The Bertz CT molecular complexity index is 481. The molecule has 3 nitrogen and oxygen atoms in total. The lowest BCUT2D eigenvalue weighted by molar-refractivity contribution is -0.136. The molecule has 1 N–H and O–H groups in total. The number of amides is 1. The maximum Gasteiger partial charge on any atom is 0.418 e. The summed E-state index contributed by atoms with van der Waals surface area (Å²) in [5.74, 6) is 0. The normalized spacial score (nSPS) is 12.2. The van der Waals surface area contributed by atoms with Crippen molar-refractivity contribution in [2.75, 3.05) is 5.32 Å². The summed E-state index contributed by atoms with van der Waals surface area (Å²) in [5, 5.41) is 1.82. The quantitative estimate of drug-likeness (QED) is 0.815. The third kappa shape index (κ3) is 4.63. The highest BCUT2D eigenvalue weighted by atomic mass is 35.5. The summed E-state index contributed by atoms with van der Waals surface area (Å²) in [4.78, 5) is 11.5. The smallest absolute Gasteiger partial charge is 0.418 e. The third-order valence-electron chi connectivity index (χ3n) is 1.94. The number of benzene rings is 1. The number of carbonyl (C=O) groups is 1. The highest BCUT2D eigenvalue weighted by Gasteiger charge is 2.35. The van der Waals surface area contributed by atoms with Crippen LogP contribution in [0, 0.1) is 0 Å². The van der Waals surface area contributed by atoms with Crippen LogP contribution in [0.4, 0.5) is 23.7 Å². The second kappa shape index (κ2) is 5.28. The monoisotopic (exact) mass is 295 g/mol. The molecule has 0 spiro atoms. The van der Waals surface area contributed by atoms with Gasteiger partial charge in [0.1, 0.15) is 5.60 Å². The molecule has 1 aromatic carbocycles. The van der Waals surface area contributed by atoms with Crippen molar-refractivity contribution < 1.29 is 22.7 Å². The Balaban J connectivity index is 3.04. The minimum absolute atomic E-state index is 0.208. The number of hydrogen-bond acceptors (Lipinski definition) is 2. The largest absolute Gasteiger partial charge is 0.444 e. The Kier molecular flexibility index (Phi) is 4.35. The second-order valence-corrected chi connectivity index (χ2v) is 5.19. The van der Waals surface area contributed by atoms with Crippen molar-refractivity contribution in [2.45, 2.75) is 32.5 Å². The number of nitrogens with one attached hydrogen (secondary N) is 1. The molecule has 0 aromatic heterocycles. The molecule has 0 unspecified atom stereocenters. The number of halogens is 4. The summed E-state index contributed by atoms with van der Waals surface area (Å²) in [6, 6.07) is 3.24. The maximum atomic E-state index is 12.8. The van der Waals surface area contributed by atoms with E-state index >= 15 is 0 Å². The average Bonchev–Trinajstić information content (AvgIpc) is 2.16. The van der Waals surface area contributed by atoms with Crippen LogP contribution in [0.1, 0.15) is 26.3 Å². The molecule has 0 heterocycles. The van der Waals surface area contributed by atoms with Gasteiger partial charge in [0, 0.05) is 0 Å². The van der Waals surface area contributed by atoms with Gasteiger partial charge in [0.25, 0.3) is 0 Å². The third-order valence-corrected chi connectivity index (χ3v) is 2.26. The fraction of sp³-hybridized carbons (Fsp3) is 0.417. The first-order valence-corrected chi connectivity index (χ1v) is 5.74. The lowest BCUT2D eigenvalue weighted by atomic mass is 10.1. The number of hydrogen-bond donors (Lipinski definition) is 1. The molecule has 0 aliphatic carbocycles. The first-order chi connectivity index (χ1) is 8.50. The fourth-order valence-electron chi connectivity index (χ4n) is 1.29. The molecule has 106 valence electrons. The Morgan fingerprint density at radius 3 is 2.32 bits per heavy atom. The van der Waals surface area contributed by atoms with E-state index in [1.807, 2.05) is 5.32 Å². The molecule has 0 saturated carbocycles. The zero-order valence-corrected chi connectivity index (χ0v) is 11.3. The molecule has 0 bridgehead atoms. The van der Waals surface area contributed by atoms with E-state index in [4.69, 9.17) is 16.3 Å². The van der Waals surface area contributed by atoms with Gasteiger partial charge in [-0.05, 0) is 32.9 Å². The molecule has 0 aliphatic heterocycles. The van der Waals surface area contributed by atoms with Gasteiger partial charge in [-0.1, -0.05) is 17.7 Å². The standard InChI is InChI=1S/C12H13ClF3NO2/c1-11(2,3)19-10(18)17-9-7(12(14,15)16)5-4-6-8(9)13/h4-6H,1-3H3,(H,17,18). The number of carbonyl (C=O) groups excluding carboxylic acids is 1. The molecular weight excluding hydrogens is 283 g/mol. The minimum Gasteiger partial charge on any atom is -0.444 e. The van der Waals surface area contributed by atoms with Crippen molar-refractivity contribution in [1.82, 2.24) is 0 Å². The molecule has 0 radical (unpaired) electrons. The lowest BCUT2D eigenvalue weighted by Gasteiger charge is -2.21. The first kappa shape index (κ1) is 15.6. The molecule has 1 amide bonds. The van der Waals surface area contributed by atoms with Crippen LogP contribution in [0.15, 0.2) is 18.2 Å². The van der Waals surface area contributed by atoms with Crippen LogP contribution in [0.3, 0.4) is 0 Å². The summed E-state index contributed by atoms with van der Waals surface area (Å²) in [5.41, 5.74) is -2.35. The Labute approximate surface area is 113 Å². The van der Waals surface area contributed by atoms with Crippen molar-refractivity contribution in [3.05, 3.63) is 28.8 Å². The van der Waals surface area contributed by atoms with Crippen molar-refractivity contribution in [3.63, 3.8) is 0 Å². The van der Waals surface area contributed by atoms with Gasteiger partial charge in [-0.2, -0.15) is 13.2 Å². The van der Waals surface area contributed by atoms with Crippen LogP contribution in [0.25, 0.3) is 0 Å². The average molecular weight is 296 g/mol. The van der Waals surface area contributed by atoms with Crippen LogP contribution in [0.2, 0.25) is 5.02 Å². The van der Waals surface area contributed by atoms with E-state index in [1.54, 1.807) is 20.8 Å². The topological polar surface area (TPSA) is 38.3 Å². The van der Waals surface area contributed by atoms with Gasteiger partial charge in [0.05, 0.1) is 16.3 Å². The van der Waals surface area contributed by atoms with E-state index in [1.165, 1.54) is 6.07 Å². The summed E-state index contributed by atoms with van der Waals surface area (Å²) in [6.07, 6.45) is -5.61. The Morgan fingerprint density at radius 2 is 1.84 bits per heavy atom. The van der Waals surface area contributed by atoms with Crippen LogP contribution in [-0.2, 0) is 10.9 Å². The number of alkyl halides is 3. The van der Waals surface area contributed by atoms with Crippen LogP contribution >= 0.6 is 11.6 Å². The van der Waals surface area contributed by atoms with Crippen molar-refractivity contribution in [3.8, 4) is 0 Å². The highest BCUT2D eigenvalue weighted by molar-refractivity contribution is 6.33. The van der Waals surface area contributed by atoms with Gasteiger partial charge >= 0.3 is 12.3 Å². The Hall–Kier alpha value is -1.43. The molecular formula is C12H13ClF3NO2. The summed E-state index contributed by atoms with van der Waals surface area (Å²) in [7, 11) is 0. The predicted octanol–water partition coefficient (Wildman–Crippen LogP) is 4.71. The van der Waals surface area contributed by atoms with E-state index in [-0.39, 0.29) is 5.02 Å². The van der Waals surface area contributed by atoms with Gasteiger partial charge in [-0.15, -0.1) is 0 Å². The molecule has 0 atom stereocenters. The molecule has 1 aromatic rings. The van der Waals surface area contributed by atoms with Crippen LogP contribution in [-0.4, -0.2) is 11.7 Å². The second-order valence-electron chi connectivity index (χ2n) is 4.79. The van der Waals surface area contributed by atoms with Gasteiger partial charge in [0.2, 0.25) is 0 Å². The molecule has 0 saturated heterocycles. The highest BCUT2D eigenvalue weighted by Crippen LogP contribution is 2.38. The summed E-state index contributed by atoms with van der Waals surface area (Å²) < 4.78 is 43.2. The van der Waals surface area contributed by atoms with E-state index in [9.17, 15) is 18.0 Å². The summed E-state index contributed by atoms with van der Waals surface area (Å²) >= 11 is 5.68. The SMILES string of the molecule is CC(C)(C)OC(=O)Nc1c(Cl)cccc1C(F)(F)F. The number of rotatable bonds is 1. The molecule has 7 heteroatoms. The maximum absolute atomic E-state index is 12.8. The van der Waals surface area contributed by atoms with E-state index in [0.29, 0.717) is 0 Å². The number of ether oxygens (including phenoxy) is 1. The fourth-order valence-corrected chi connectivity index (χ4v) is 1.51. The van der Waals surface area contributed by atoms with E-state index in [0.717, 1.165) is 12.1 Å². The number of anilines is 1. The molecule has 1 rings (SSSR count). The predicted molar refractivity (Wildman–Crippen MR) is 66.3 cm³/mol. The van der Waals surface area contributed by atoms with E-state index < -0.39 is 29.1 Å². The van der Waals surface area contributed by atoms with Crippen molar-refractivity contribution >= 4 is 23.4 Å². The van der Waals surface area contributed by atoms with Gasteiger partial charge in [-0.3, -0.25) is 5.32 Å². The first-order valence-electron chi connectivity index (χ1n) is 5.36. The van der Waals surface area contributed by atoms with Gasteiger partial charge in [-0.25, -0.2) is 4.79 Å². The molecule has 0 aliphatic rings. The number of para-hydroxylation sites is 1. The minimum atomic E-state index is -4.62. The summed E-state index contributed by atoms with van der Waals surface area (Å²) in [6.45, 7) is 4.80. The van der Waals surface area contributed by atoms with E-state index in [2.05, 4.69) is 0 Å². The van der Waals surface area contributed by atoms with Gasteiger partial charge < -0.3 is 4.74 Å². The molecule has 0 fully saturated rings. The Morgan fingerprint density at radius 1 is 1.26 bits per heavy atom. The lowest BCUT2D eigenvalue weighted by Crippen LogP contribution is -2.28. The van der Waals surface area contributed by atoms with Crippen molar-refractivity contribution in [1.29, 1.82) is 0 Å².